The van der Waals surface area contributed by atoms with E-state index in [0.29, 0.717) is 17.5 Å². The molecule has 0 spiro atoms. The molecule has 0 aliphatic heterocycles. The second kappa shape index (κ2) is 14.9. The van der Waals surface area contributed by atoms with E-state index in [2.05, 4.69) is 164 Å². The van der Waals surface area contributed by atoms with E-state index in [1.807, 2.05) is 36.4 Å². The predicted octanol–water partition coefficient (Wildman–Crippen LogP) is 13.7. The van der Waals surface area contributed by atoms with Crippen LogP contribution in [0.1, 0.15) is 18.6 Å². The van der Waals surface area contributed by atoms with Crippen LogP contribution in [-0.2, 0) is 6.42 Å². The largest absolute Gasteiger partial charge is 0.208 e. The summed E-state index contributed by atoms with van der Waals surface area (Å²) in [5, 5.41) is 0. The Bertz CT molecular complexity index is 2760. The van der Waals surface area contributed by atoms with Gasteiger partial charge in [0.2, 0.25) is 0 Å². The average molecular weight is 718 g/mol. The third-order valence-corrected chi connectivity index (χ3v) is 10.6. The summed E-state index contributed by atoms with van der Waals surface area (Å²) < 4.78 is 0. The summed E-state index contributed by atoms with van der Waals surface area (Å²) >= 11 is 0. The zero-order valence-electron chi connectivity index (χ0n) is 30.1. The molecule has 0 saturated carbocycles. The number of aromatic nitrogens is 3. The monoisotopic (exact) mass is 717 g/mol. The van der Waals surface area contributed by atoms with E-state index in [9.17, 15) is 0 Å². The lowest BCUT2D eigenvalue weighted by molar-refractivity contribution is 1.07. The van der Waals surface area contributed by atoms with Crippen molar-refractivity contribution in [2.75, 3.05) is 0 Å². The fourth-order valence-electron chi connectivity index (χ4n) is 7.92. The van der Waals surface area contributed by atoms with Crippen molar-refractivity contribution in [1.82, 2.24) is 15.0 Å². The predicted molar refractivity (Wildman–Crippen MR) is 233 cm³/mol. The third kappa shape index (κ3) is 6.50. The van der Waals surface area contributed by atoms with Gasteiger partial charge in [0.25, 0.3) is 0 Å². The minimum absolute atomic E-state index is 0. The van der Waals surface area contributed by atoms with Crippen LogP contribution in [0.4, 0.5) is 0 Å². The molecule has 0 bridgehead atoms. The summed E-state index contributed by atoms with van der Waals surface area (Å²) in [6.07, 6.45) is 0.858. The molecule has 10 rings (SSSR count). The van der Waals surface area contributed by atoms with Crippen LogP contribution in [0.25, 0.3) is 89.8 Å². The van der Waals surface area contributed by atoms with Crippen molar-refractivity contribution in [2.45, 2.75) is 13.8 Å². The van der Waals surface area contributed by atoms with E-state index >= 15 is 0 Å². The van der Waals surface area contributed by atoms with Gasteiger partial charge in [-0.25, -0.2) is 15.0 Å². The lowest BCUT2D eigenvalue weighted by atomic mass is 9.90. The van der Waals surface area contributed by atoms with Crippen LogP contribution in [-0.4, -0.2) is 15.0 Å². The lowest BCUT2D eigenvalue weighted by Crippen LogP contribution is -2.00. The van der Waals surface area contributed by atoms with Gasteiger partial charge in [0.15, 0.2) is 17.5 Å². The Morgan fingerprint density at radius 3 is 1.12 bits per heavy atom. The Morgan fingerprint density at radius 1 is 0.250 bits per heavy atom. The van der Waals surface area contributed by atoms with Crippen LogP contribution in [0.2, 0.25) is 0 Å². The quantitative estimate of drug-likeness (QED) is 0.165. The fourth-order valence-corrected chi connectivity index (χ4v) is 7.92. The Hall–Kier alpha value is -7.23. The van der Waals surface area contributed by atoms with Gasteiger partial charge in [0, 0.05) is 16.7 Å². The van der Waals surface area contributed by atoms with Crippen LogP contribution in [0.5, 0.6) is 0 Å². The zero-order valence-corrected chi connectivity index (χ0v) is 30.1. The van der Waals surface area contributed by atoms with E-state index in [4.69, 9.17) is 15.0 Å². The minimum atomic E-state index is 0. The molecule has 0 radical (unpaired) electrons. The summed E-state index contributed by atoms with van der Waals surface area (Å²) in [4.78, 5) is 15.3. The van der Waals surface area contributed by atoms with Gasteiger partial charge in [-0.1, -0.05) is 183 Å². The van der Waals surface area contributed by atoms with Crippen molar-refractivity contribution in [2.24, 2.45) is 0 Å². The third-order valence-electron chi connectivity index (χ3n) is 10.6. The molecule has 266 valence electrons. The van der Waals surface area contributed by atoms with Gasteiger partial charge in [-0.2, -0.15) is 0 Å². The summed E-state index contributed by atoms with van der Waals surface area (Å²) in [5.41, 5.74) is 17.6. The SMILES string of the molecule is C.c1ccc(-c2cccc(-c3cc(-c4nc(-c5ccccc5)nc(-c5ccccc5)n4)cc(-c4cccc5c4Cc4c(-c6ccccc6)cccc4-5)c3)c2)cc1. The van der Waals surface area contributed by atoms with Crippen molar-refractivity contribution in [3.05, 3.63) is 211 Å². The summed E-state index contributed by atoms with van der Waals surface area (Å²) in [6.45, 7) is 0. The van der Waals surface area contributed by atoms with Crippen molar-refractivity contribution in [3.8, 4) is 89.8 Å². The molecule has 1 aliphatic carbocycles. The lowest BCUT2D eigenvalue weighted by Gasteiger charge is -2.15. The first-order chi connectivity index (χ1) is 27.2. The Morgan fingerprint density at radius 2 is 0.589 bits per heavy atom. The number of hydrogen-bond acceptors (Lipinski definition) is 3. The molecule has 1 heterocycles. The summed E-state index contributed by atoms with van der Waals surface area (Å²) in [7, 11) is 0. The molecule has 8 aromatic carbocycles. The van der Waals surface area contributed by atoms with Gasteiger partial charge >= 0.3 is 0 Å². The molecule has 56 heavy (non-hydrogen) atoms. The second-order valence-corrected chi connectivity index (χ2v) is 14.0. The molecular formula is C53H39N3. The zero-order chi connectivity index (χ0) is 36.6. The Kier molecular flexibility index (Phi) is 9.18. The van der Waals surface area contributed by atoms with Crippen LogP contribution in [0.3, 0.4) is 0 Å². The highest BCUT2D eigenvalue weighted by Gasteiger charge is 2.25. The molecule has 0 unspecified atom stereocenters. The van der Waals surface area contributed by atoms with E-state index < -0.39 is 0 Å². The Labute approximate surface area is 328 Å². The molecule has 9 aromatic rings. The van der Waals surface area contributed by atoms with Gasteiger partial charge < -0.3 is 0 Å². The first kappa shape index (κ1) is 34.5. The fraction of sp³-hybridized carbons (Fsp3) is 0.0377. The molecule has 1 aromatic heterocycles. The average Bonchev–Trinajstić information content (AvgIpc) is 3.67. The first-order valence-electron chi connectivity index (χ1n) is 18.7. The molecule has 3 nitrogen and oxygen atoms in total. The first-order valence-corrected chi connectivity index (χ1v) is 18.7. The highest BCUT2D eigenvalue weighted by atomic mass is 15.0. The standard InChI is InChI=1S/C52H35N3.CH4/c1-5-16-35(17-6-1)39-24-13-25-40(30-39)41-31-42(45-27-15-29-47-46-28-14-26-44(48(46)34-49(45)47)36-18-7-2-8-19-36)33-43(32-41)52-54-50(37-20-9-3-10-21-37)53-51(55-52)38-22-11-4-12-23-38;/h1-33H,34H2;1H4. The molecule has 3 heteroatoms. The van der Waals surface area contributed by atoms with Crippen molar-refractivity contribution < 1.29 is 0 Å². The highest BCUT2D eigenvalue weighted by molar-refractivity contribution is 5.91. The maximum Gasteiger partial charge on any atom is 0.164 e. The van der Waals surface area contributed by atoms with Crippen LogP contribution >= 0.6 is 0 Å². The minimum Gasteiger partial charge on any atom is -0.208 e. The van der Waals surface area contributed by atoms with Crippen molar-refractivity contribution in [1.29, 1.82) is 0 Å². The topological polar surface area (TPSA) is 38.7 Å². The van der Waals surface area contributed by atoms with Crippen molar-refractivity contribution >= 4 is 0 Å². The number of fused-ring (bicyclic) bond motifs is 3. The van der Waals surface area contributed by atoms with Gasteiger partial charge in [0.1, 0.15) is 0 Å². The van der Waals surface area contributed by atoms with Gasteiger partial charge in [0.05, 0.1) is 0 Å². The van der Waals surface area contributed by atoms with Gasteiger partial charge in [-0.15, -0.1) is 0 Å². The second-order valence-electron chi connectivity index (χ2n) is 14.0. The van der Waals surface area contributed by atoms with Crippen LogP contribution in [0.15, 0.2) is 200 Å². The van der Waals surface area contributed by atoms with Gasteiger partial charge in [-0.05, 0) is 97.4 Å². The molecule has 0 N–H and O–H groups in total. The number of rotatable bonds is 7. The molecule has 0 saturated heterocycles. The van der Waals surface area contributed by atoms with Crippen LogP contribution < -0.4 is 0 Å². The number of nitrogens with zero attached hydrogens (tertiary/aromatic N) is 3. The maximum atomic E-state index is 5.16. The van der Waals surface area contributed by atoms with E-state index in [-0.39, 0.29) is 7.43 Å². The molecule has 1 aliphatic rings. The molecule has 0 atom stereocenters. The summed E-state index contributed by atoms with van der Waals surface area (Å²) in [6, 6.07) is 70.8. The normalized spacial score (nSPS) is 11.4. The van der Waals surface area contributed by atoms with Gasteiger partial charge in [-0.3, -0.25) is 0 Å². The summed E-state index contributed by atoms with van der Waals surface area (Å²) in [5.74, 6) is 1.93. The highest BCUT2D eigenvalue weighted by Crippen LogP contribution is 2.46. The number of benzene rings is 8. The number of hydrogen-bond donors (Lipinski definition) is 0. The molecular weight excluding hydrogens is 679 g/mol. The smallest absolute Gasteiger partial charge is 0.164 e. The van der Waals surface area contributed by atoms with E-state index in [1.54, 1.807) is 0 Å². The van der Waals surface area contributed by atoms with Crippen LogP contribution in [0, 0.1) is 0 Å². The molecule has 0 amide bonds. The maximum absolute atomic E-state index is 5.16. The van der Waals surface area contributed by atoms with E-state index in [1.165, 1.54) is 50.1 Å². The van der Waals surface area contributed by atoms with E-state index in [0.717, 1.165) is 39.8 Å². The van der Waals surface area contributed by atoms with Crippen molar-refractivity contribution in [3.63, 3.8) is 0 Å². The molecule has 0 fully saturated rings. The Balaban J connectivity index is 0.00000410.